The van der Waals surface area contributed by atoms with E-state index in [1.54, 1.807) is 6.20 Å². The molecule has 3 nitrogen and oxygen atoms in total. The summed E-state index contributed by atoms with van der Waals surface area (Å²) in [6.07, 6.45) is 1.78. The molecular formula is C15H16Br2N2O. The number of ether oxygens (including phenoxy) is 1. The summed E-state index contributed by atoms with van der Waals surface area (Å²) >= 11 is 6.92. The Hall–Kier alpha value is -0.910. The molecule has 0 saturated heterocycles. The van der Waals surface area contributed by atoms with Crippen molar-refractivity contribution in [2.75, 3.05) is 6.54 Å². The second-order valence-corrected chi connectivity index (χ2v) is 6.03. The zero-order valence-corrected chi connectivity index (χ0v) is 14.4. The van der Waals surface area contributed by atoms with E-state index >= 15 is 0 Å². The average molecular weight is 400 g/mol. The van der Waals surface area contributed by atoms with Gasteiger partial charge in [0.05, 0.1) is 10.2 Å². The molecule has 0 atom stereocenters. The predicted molar refractivity (Wildman–Crippen MR) is 87.8 cm³/mol. The van der Waals surface area contributed by atoms with Crippen molar-refractivity contribution in [3.8, 4) is 5.75 Å². The van der Waals surface area contributed by atoms with Crippen molar-refractivity contribution < 1.29 is 4.74 Å². The Kier molecular flexibility index (Phi) is 6.01. The SMILES string of the molecule is CCNCc1cccc(Br)c1OCc1ccc(Br)cn1. The first-order valence-corrected chi connectivity index (χ1v) is 8.00. The van der Waals surface area contributed by atoms with Crippen molar-refractivity contribution in [3.63, 3.8) is 0 Å². The third kappa shape index (κ3) is 4.30. The highest BCUT2D eigenvalue weighted by molar-refractivity contribution is 9.10. The molecule has 1 aromatic heterocycles. The fourth-order valence-corrected chi connectivity index (χ4v) is 2.51. The number of aromatic nitrogens is 1. The third-order valence-corrected chi connectivity index (χ3v) is 3.86. The molecule has 0 radical (unpaired) electrons. The van der Waals surface area contributed by atoms with Crippen molar-refractivity contribution in [2.24, 2.45) is 0 Å². The Labute approximate surface area is 136 Å². The maximum absolute atomic E-state index is 5.93. The Morgan fingerprint density at radius 3 is 2.75 bits per heavy atom. The average Bonchev–Trinajstić information content (AvgIpc) is 2.46. The molecule has 0 fully saturated rings. The number of hydrogen-bond donors (Lipinski definition) is 1. The van der Waals surface area contributed by atoms with E-state index < -0.39 is 0 Å². The second kappa shape index (κ2) is 7.76. The lowest BCUT2D eigenvalue weighted by Gasteiger charge is -2.13. The number of nitrogens with one attached hydrogen (secondary N) is 1. The van der Waals surface area contributed by atoms with E-state index in [4.69, 9.17) is 4.74 Å². The van der Waals surface area contributed by atoms with E-state index in [0.29, 0.717) is 6.61 Å². The molecule has 5 heteroatoms. The molecule has 0 aliphatic carbocycles. The lowest BCUT2D eigenvalue weighted by molar-refractivity contribution is 0.295. The zero-order chi connectivity index (χ0) is 14.4. The van der Waals surface area contributed by atoms with E-state index in [0.717, 1.165) is 39.0 Å². The standard InChI is InChI=1S/C15H16Br2N2O/c1-2-18-8-11-4-3-5-14(17)15(11)20-10-13-7-6-12(16)9-19-13/h3-7,9,18H,2,8,10H2,1H3. The van der Waals surface area contributed by atoms with Crippen LogP contribution < -0.4 is 10.1 Å². The van der Waals surface area contributed by atoms with Crippen LogP contribution in [0.25, 0.3) is 0 Å². The molecule has 0 unspecified atom stereocenters. The lowest BCUT2D eigenvalue weighted by atomic mass is 10.2. The number of pyridine rings is 1. The highest BCUT2D eigenvalue weighted by atomic mass is 79.9. The van der Waals surface area contributed by atoms with Gasteiger partial charge in [0.1, 0.15) is 12.4 Å². The first-order chi connectivity index (χ1) is 9.70. The Balaban J connectivity index is 2.09. The molecule has 0 aliphatic heterocycles. The van der Waals surface area contributed by atoms with Gasteiger partial charge in [0.2, 0.25) is 0 Å². The van der Waals surface area contributed by atoms with Crippen molar-refractivity contribution in [2.45, 2.75) is 20.1 Å². The summed E-state index contributed by atoms with van der Waals surface area (Å²) in [7, 11) is 0. The van der Waals surface area contributed by atoms with Gasteiger partial charge in [-0.2, -0.15) is 0 Å². The normalized spacial score (nSPS) is 10.6. The predicted octanol–water partition coefficient (Wildman–Crippen LogP) is 4.30. The maximum Gasteiger partial charge on any atom is 0.138 e. The van der Waals surface area contributed by atoms with Gasteiger partial charge in [-0.3, -0.25) is 4.98 Å². The summed E-state index contributed by atoms with van der Waals surface area (Å²) in [4.78, 5) is 4.31. The molecule has 0 amide bonds. The highest BCUT2D eigenvalue weighted by Gasteiger charge is 2.08. The van der Waals surface area contributed by atoms with Crippen LogP contribution in [0.2, 0.25) is 0 Å². The minimum atomic E-state index is 0.453. The molecule has 2 rings (SSSR count). The highest BCUT2D eigenvalue weighted by Crippen LogP contribution is 2.29. The van der Waals surface area contributed by atoms with E-state index in [-0.39, 0.29) is 0 Å². The first-order valence-electron chi connectivity index (χ1n) is 6.42. The molecule has 0 spiro atoms. The van der Waals surface area contributed by atoms with Crippen molar-refractivity contribution in [1.82, 2.24) is 10.3 Å². The van der Waals surface area contributed by atoms with Crippen LogP contribution in [0.1, 0.15) is 18.2 Å². The van der Waals surface area contributed by atoms with Gasteiger partial charge in [-0.15, -0.1) is 0 Å². The quantitative estimate of drug-likeness (QED) is 0.786. The third-order valence-electron chi connectivity index (χ3n) is 2.77. The Morgan fingerprint density at radius 1 is 1.20 bits per heavy atom. The van der Waals surface area contributed by atoms with Gasteiger partial charge in [0.25, 0.3) is 0 Å². The van der Waals surface area contributed by atoms with Gasteiger partial charge < -0.3 is 10.1 Å². The first kappa shape index (κ1) is 15.5. The summed E-state index contributed by atoms with van der Waals surface area (Å²) in [6, 6.07) is 9.98. The van der Waals surface area contributed by atoms with Crippen molar-refractivity contribution in [1.29, 1.82) is 0 Å². The second-order valence-electron chi connectivity index (χ2n) is 4.26. The van der Waals surface area contributed by atoms with Crippen LogP contribution in [-0.2, 0) is 13.2 Å². The molecule has 20 heavy (non-hydrogen) atoms. The van der Waals surface area contributed by atoms with Gasteiger partial charge in [0, 0.05) is 22.8 Å². The van der Waals surface area contributed by atoms with Crippen LogP contribution in [-0.4, -0.2) is 11.5 Å². The Morgan fingerprint density at radius 2 is 2.05 bits per heavy atom. The van der Waals surface area contributed by atoms with Gasteiger partial charge in [-0.05, 0) is 56.6 Å². The number of halogens is 2. The lowest BCUT2D eigenvalue weighted by Crippen LogP contribution is -2.13. The van der Waals surface area contributed by atoms with Gasteiger partial charge >= 0.3 is 0 Å². The van der Waals surface area contributed by atoms with E-state index in [9.17, 15) is 0 Å². The summed E-state index contributed by atoms with van der Waals surface area (Å²) in [5, 5.41) is 3.32. The Bertz CT molecular complexity index is 558. The number of hydrogen-bond acceptors (Lipinski definition) is 3. The van der Waals surface area contributed by atoms with Crippen LogP contribution >= 0.6 is 31.9 Å². The van der Waals surface area contributed by atoms with Crippen LogP contribution in [0.4, 0.5) is 0 Å². The van der Waals surface area contributed by atoms with E-state index in [1.165, 1.54) is 0 Å². The zero-order valence-electron chi connectivity index (χ0n) is 11.2. The van der Waals surface area contributed by atoms with E-state index in [1.807, 2.05) is 24.3 Å². The smallest absolute Gasteiger partial charge is 0.138 e. The van der Waals surface area contributed by atoms with Crippen LogP contribution in [0.3, 0.4) is 0 Å². The topological polar surface area (TPSA) is 34.1 Å². The summed E-state index contributed by atoms with van der Waals surface area (Å²) in [6.45, 7) is 4.26. The fraction of sp³-hybridized carbons (Fsp3) is 0.267. The van der Waals surface area contributed by atoms with Crippen LogP contribution in [0.5, 0.6) is 5.75 Å². The summed E-state index contributed by atoms with van der Waals surface area (Å²) in [5.41, 5.74) is 2.04. The largest absolute Gasteiger partial charge is 0.486 e. The fourth-order valence-electron chi connectivity index (χ4n) is 1.75. The molecule has 2 aromatic rings. The van der Waals surface area contributed by atoms with Crippen molar-refractivity contribution >= 4 is 31.9 Å². The number of rotatable bonds is 6. The minimum absolute atomic E-state index is 0.453. The number of benzene rings is 1. The van der Waals surface area contributed by atoms with Gasteiger partial charge in [-0.1, -0.05) is 19.1 Å². The molecule has 0 bridgehead atoms. The molecule has 1 N–H and O–H groups in total. The maximum atomic E-state index is 5.93. The molecule has 0 aliphatic rings. The number of para-hydroxylation sites is 1. The molecular weight excluding hydrogens is 384 g/mol. The summed E-state index contributed by atoms with van der Waals surface area (Å²) in [5.74, 6) is 0.873. The van der Waals surface area contributed by atoms with E-state index in [2.05, 4.69) is 55.2 Å². The molecule has 1 aromatic carbocycles. The van der Waals surface area contributed by atoms with Gasteiger partial charge in [0.15, 0.2) is 0 Å². The monoisotopic (exact) mass is 398 g/mol. The van der Waals surface area contributed by atoms with Crippen LogP contribution in [0, 0.1) is 0 Å². The molecule has 106 valence electrons. The van der Waals surface area contributed by atoms with Crippen molar-refractivity contribution in [3.05, 3.63) is 56.7 Å². The molecule has 1 heterocycles. The van der Waals surface area contributed by atoms with Crippen LogP contribution in [0.15, 0.2) is 45.5 Å². The minimum Gasteiger partial charge on any atom is -0.486 e. The molecule has 0 saturated carbocycles. The number of nitrogens with zero attached hydrogens (tertiary/aromatic N) is 1. The summed E-state index contributed by atoms with van der Waals surface area (Å²) < 4.78 is 7.86. The van der Waals surface area contributed by atoms with Gasteiger partial charge in [-0.25, -0.2) is 0 Å².